The van der Waals surface area contributed by atoms with Crippen molar-refractivity contribution in [2.24, 2.45) is 11.3 Å². The number of allylic oxidation sites excluding steroid dienone is 5. The molecule has 2 heteroatoms. The van der Waals surface area contributed by atoms with Crippen LogP contribution in [0.1, 0.15) is 40.5 Å². The highest BCUT2D eigenvalue weighted by Crippen LogP contribution is 2.41. The lowest BCUT2D eigenvalue weighted by molar-refractivity contribution is -0.134. The molecule has 0 aromatic rings. The largest absolute Gasteiger partial charge is 0.466 e. The van der Waals surface area contributed by atoms with Crippen molar-refractivity contribution in [2.45, 2.75) is 40.5 Å². The van der Waals surface area contributed by atoms with Crippen molar-refractivity contribution >= 4 is 5.97 Å². The summed E-state index contributed by atoms with van der Waals surface area (Å²) in [5, 5.41) is 0. The number of methoxy groups -OCH3 is 1. The maximum Gasteiger partial charge on any atom is 0.330 e. The second-order valence-corrected chi connectivity index (χ2v) is 5.72. The van der Waals surface area contributed by atoms with E-state index in [0.29, 0.717) is 11.3 Å². The molecule has 0 N–H and O–H groups in total. The second-order valence-electron chi connectivity index (χ2n) is 5.72. The SMILES string of the molecule is COC(=O)C=C(C)C=CC1C(C)=CCCC1(C)C. The number of rotatable bonds is 3. The minimum absolute atomic E-state index is 0.293. The molecule has 1 unspecified atom stereocenters. The molecule has 0 saturated heterocycles. The summed E-state index contributed by atoms with van der Waals surface area (Å²) in [4.78, 5) is 11.1. The topological polar surface area (TPSA) is 26.3 Å². The molecule has 0 heterocycles. The molecule has 0 saturated carbocycles. The second kappa shape index (κ2) is 6.03. The van der Waals surface area contributed by atoms with Crippen molar-refractivity contribution in [1.29, 1.82) is 0 Å². The molecule has 1 aliphatic rings. The molecular formula is C16H24O2. The van der Waals surface area contributed by atoms with Gasteiger partial charge in [-0.1, -0.05) is 37.6 Å². The first kappa shape index (κ1) is 14.7. The molecule has 0 aromatic carbocycles. The van der Waals surface area contributed by atoms with Crippen LogP contribution in [0.15, 0.2) is 35.5 Å². The van der Waals surface area contributed by atoms with Gasteiger partial charge >= 0.3 is 5.97 Å². The standard InChI is InChI=1S/C16H24O2/c1-12(11-15(17)18-5)8-9-14-13(2)7-6-10-16(14,3)4/h7-9,11,14H,6,10H2,1-5H3. The summed E-state index contributed by atoms with van der Waals surface area (Å²) in [5.74, 6) is 0.152. The lowest BCUT2D eigenvalue weighted by Gasteiger charge is -2.36. The van der Waals surface area contributed by atoms with Crippen LogP contribution in [0.2, 0.25) is 0 Å². The molecule has 0 bridgehead atoms. The first-order valence-corrected chi connectivity index (χ1v) is 6.48. The van der Waals surface area contributed by atoms with Crippen LogP contribution < -0.4 is 0 Å². The van der Waals surface area contributed by atoms with Crippen molar-refractivity contribution in [2.75, 3.05) is 7.11 Å². The van der Waals surface area contributed by atoms with E-state index in [4.69, 9.17) is 0 Å². The van der Waals surface area contributed by atoms with Gasteiger partial charge in [-0.3, -0.25) is 0 Å². The molecule has 2 nitrogen and oxygen atoms in total. The molecule has 1 rings (SSSR count). The van der Waals surface area contributed by atoms with Crippen molar-refractivity contribution < 1.29 is 9.53 Å². The van der Waals surface area contributed by atoms with Crippen LogP contribution in [-0.2, 0) is 9.53 Å². The third kappa shape index (κ3) is 3.86. The lowest BCUT2D eigenvalue weighted by Crippen LogP contribution is -2.26. The monoisotopic (exact) mass is 248 g/mol. The van der Waals surface area contributed by atoms with Crippen molar-refractivity contribution in [1.82, 2.24) is 0 Å². The Morgan fingerprint density at radius 1 is 1.50 bits per heavy atom. The van der Waals surface area contributed by atoms with Gasteiger partial charge < -0.3 is 4.74 Å². The van der Waals surface area contributed by atoms with Gasteiger partial charge in [-0.25, -0.2) is 4.79 Å². The Morgan fingerprint density at radius 3 is 2.72 bits per heavy atom. The van der Waals surface area contributed by atoms with E-state index in [-0.39, 0.29) is 5.97 Å². The molecule has 0 aliphatic heterocycles. The molecule has 1 aliphatic carbocycles. The molecule has 18 heavy (non-hydrogen) atoms. The molecule has 1 atom stereocenters. The molecular weight excluding hydrogens is 224 g/mol. The fourth-order valence-corrected chi connectivity index (χ4v) is 2.52. The third-order valence-electron chi connectivity index (χ3n) is 3.69. The Kier molecular flexibility index (Phi) is 4.94. The van der Waals surface area contributed by atoms with Crippen molar-refractivity contribution in [3.8, 4) is 0 Å². The van der Waals surface area contributed by atoms with E-state index in [1.165, 1.54) is 31.6 Å². The highest BCUT2D eigenvalue weighted by molar-refractivity contribution is 5.83. The molecule has 0 amide bonds. The van der Waals surface area contributed by atoms with E-state index in [1.807, 2.05) is 13.0 Å². The van der Waals surface area contributed by atoms with E-state index in [9.17, 15) is 4.79 Å². The number of carbonyl (C=O) groups excluding carboxylic acids is 1. The van der Waals surface area contributed by atoms with Crippen LogP contribution in [0.25, 0.3) is 0 Å². The van der Waals surface area contributed by atoms with Crippen LogP contribution >= 0.6 is 0 Å². The zero-order valence-corrected chi connectivity index (χ0v) is 12.1. The van der Waals surface area contributed by atoms with Gasteiger partial charge in [-0.2, -0.15) is 0 Å². The van der Waals surface area contributed by atoms with Crippen LogP contribution in [0, 0.1) is 11.3 Å². The highest BCUT2D eigenvalue weighted by atomic mass is 16.5. The Morgan fingerprint density at radius 2 is 2.17 bits per heavy atom. The molecule has 0 radical (unpaired) electrons. The van der Waals surface area contributed by atoms with Gasteiger partial charge in [0.25, 0.3) is 0 Å². The van der Waals surface area contributed by atoms with Gasteiger partial charge in [-0.15, -0.1) is 0 Å². The fourth-order valence-electron chi connectivity index (χ4n) is 2.52. The Labute approximate surface area is 110 Å². The quantitative estimate of drug-likeness (QED) is 0.326. The highest BCUT2D eigenvalue weighted by Gasteiger charge is 2.30. The van der Waals surface area contributed by atoms with E-state index in [2.05, 4.69) is 37.7 Å². The third-order valence-corrected chi connectivity index (χ3v) is 3.69. The minimum Gasteiger partial charge on any atom is -0.466 e. The average molecular weight is 248 g/mol. The Bertz CT molecular complexity index is 397. The fraction of sp³-hybridized carbons (Fsp3) is 0.562. The summed E-state index contributed by atoms with van der Waals surface area (Å²) in [6.07, 6.45) is 10.4. The number of ether oxygens (including phenoxy) is 1. The van der Waals surface area contributed by atoms with Gasteiger partial charge in [0, 0.05) is 12.0 Å². The maximum absolute atomic E-state index is 11.1. The van der Waals surface area contributed by atoms with Gasteiger partial charge in [0.05, 0.1) is 7.11 Å². The zero-order chi connectivity index (χ0) is 13.8. The minimum atomic E-state index is -0.299. The molecule has 0 aromatic heterocycles. The molecule has 0 fully saturated rings. The predicted molar refractivity (Wildman–Crippen MR) is 75.2 cm³/mol. The summed E-state index contributed by atoms with van der Waals surface area (Å²) in [5.41, 5.74) is 2.64. The summed E-state index contributed by atoms with van der Waals surface area (Å²) >= 11 is 0. The average Bonchev–Trinajstić information content (AvgIpc) is 2.27. The van der Waals surface area contributed by atoms with Crippen LogP contribution in [0.3, 0.4) is 0 Å². The zero-order valence-electron chi connectivity index (χ0n) is 12.1. The van der Waals surface area contributed by atoms with Crippen LogP contribution in [0.5, 0.6) is 0 Å². The van der Waals surface area contributed by atoms with Crippen molar-refractivity contribution in [3.05, 3.63) is 35.5 Å². The molecule has 0 spiro atoms. The Balaban J connectivity index is 2.82. The van der Waals surface area contributed by atoms with Crippen molar-refractivity contribution in [3.63, 3.8) is 0 Å². The van der Waals surface area contributed by atoms with Gasteiger partial charge in [0.2, 0.25) is 0 Å². The number of carbonyl (C=O) groups is 1. The summed E-state index contributed by atoms with van der Waals surface area (Å²) in [7, 11) is 1.40. The summed E-state index contributed by atoms with van der Waals surface area (Å²) in [6, 6.07) is 0. The van der Waals surface area contributed by atoms with Gasteiger partial charge in [-0.05, 0) is 37.7 Å². The number of hydrogen-bond donors (Lipinski definition) is 0. The van der Waals surface area contributed by atoms with E-state index >= 15 is 0 Å². The smallest absolute Gasteiger partial charge is 0.330 e. The van der Waals surface area contributed by atoms with Gasteiger partial charge in [0.15, 0.2) is 0 Å². The number of esters is 1. The van der Waals surface area contributed by atoms with E-state index < -0.39 is 0 Å². The predicted octanol–water partition coefficient (Wildman–Crippen LogP) is 4.04. The number of hydrogen-bond acceptors (Lipinski definition) is 2. The Hall–Kier alpha value is -1.31. The maximum atomic E-state index is 11.1. The summed E-state index contributed by atoms with van der Waals surface area (Å²) in [6.45, 7) is 8.72. The first-order valence-electron chi connectivity index (χ1n) is 6.48. The molecule has 100 valence electrons. The normalized spacial score (nSPS) is 23.9. The summed E-state index contributed by atoms with van der Waals surface area (Å²) < 4.78 is 4.61. The van der Waals surface area contributed by atoms with Crippen LogP contribution in [0.4, 0.5) is 0 Å². The van der Waals surface area contributed by atoms with E-state index in [1.54, 1.807) is 0 Å². The first-order chi connectivity index (χ1) is 8.36. The van der Waals surface area contributed by atoms with Gasteiger partial charge in [0.1, 0.15) is 0 Å². The lowest BCUT2D eigenvalue weighted by atomic mass is 9.68. The van der Waals surface area contributed by atoms with E-state index in [0.717, 1.165) is 5.57 Å². The van der Waals surface area contributed by atoms with Crippen LogP contribution in [-0.4, -0.2) is 13.1 Å².